The normalized spacial score (nSPS) is 25.1. The standard InChI is InChI=1S/C32H38F3N5O2/c1-4-42-28-18-22-17-23(32(33,34)35)9-10-24(22)29(28)40-16-15-39(20-21(40)2)31(3)11-13-38(14-12-31)30(41)26-19-36-37-27-8-6-5-7-25(26)27/h5-10,17,19,21,28-29H,4,11-16,18,20H2,1-3H3. The smallest absolute Gasteiger partial charge is 0.376 e. The van der Waals surface area contributed by atoms with Crippen LogP contribution in [-0.2, 0) is 17.3 Å². The second-order valence-electron chi connectivity index (χ2n) is 12.2. The average molecular weight is 582 g/mol. The van der Waals surface area contributed by atoms with Crippen LogP contribution in [0.1, 0.15) is 66.7 Å². The van der Waals surface area contributed by atoms with Gasteiger partial charge in [0.15, 0.2) is 0 Å². The molecule has 0 saturated carbocycles. The van der Waals surface area contributed by atoms with Crippen molar-refractivity contribution in [1.82, 2.24) is 24.9 Å². The molecule has 3 unspecified atom stereocenters. The number of aromatic nitrogens is 2. The molecule has 224 valence electrons. The van der Waals surface area contributed by atoms with E-state index >= 15 is 0 Å². The number of ether oxygens (including phenoxy) is 1. The molecule has 42 heavy (non-hydrogen) atoms. The number of likely N-dealkylation sites (tertiary alicyclic amines) is 1. The van der Waals surface area contributed by atoms with Gasteiger partial charge in [-0.2, -0.15) is 23.4 Å². The van der Waals surface area contributed by atoms with Gasteiger partial charge < -0.3 is 9.64 Å². The number of carbonyl (C=O) groups excluding carboxylic acids is 1. The first-order chi connectivity index (χ1) is 20.1. The summed E-state index contributed by atoms with van der Waals surface area (Å²) in [6.07, 6.45) is -0.710. The Morgan fingerprint density at radius 3 is 2.57 bits per heavy atom. The SMILES string of the molecule is CCOC1Cc2cc(C(F)(F)F)ccc2C1N1CCN(C2(C)CCN(C(=O)c3cnnc4ccccc34)CC2)CC1C. The van der Waals surface area contributed by atoms with Gasteiger partial charge in [0.2, 0.25) is 0 Å². The molecule has 1 amide bonds. The molecule has 0 radical (unpaired) electrons. The molecular formula is C32H38F3N5O2. The second kappa shape index (κ2) is 11.2. The van der Waals surface area contributed by atoms with Gasteiger partial charge in [-0.25, -0.2) is 0 Å². The third-order valence-electron chi connectivity index (χ3n) is 9.65. The molecule has 2 saturated heterocycles. The molecule has 10 heteroatoms. The Morgan fingerprint density at radius 2 is 1.86 bits per heavy atom. The van der Waals surface area contributed by atoms with Crippen molar-refractivity contribution in [1.29, 1.82) is 0 Å². The molecule has 2 aromatic carbocycles. The maximum Gasteiger partial charge on any atom is 0.416 e. The van der Waals surface area contributed by atoms with Crippen LogP contribution in [0.3, 0.4) is 0 Å². The summed E-state index contributed by atoms with van der Waals surface area (Å²) in [5, 5.41) is 9.03. The van der Waals surface area contributed by atoms with Crippen LogP contribution in [0.25, 0.3) is 10.9 Å². The molecule has 3 aromatic rings. The summed E-state index contributed by atoms with van der Waals surface area (Å²) in [5.41, 5.74) is 2.37. The quantitative estimate of drug-likeness (QED) is 0.405. The Labute approximate surface area is 244 Å². The van der Waals surface area contributed by atoms with Gasteiger partial charge in [0, 0.05) is 62.7 Å². The average Bonchev–Trinajstić information content (AvgIpc) is 3.33. The van der Waals surface area contributed by atoms with Crippen molar-refractivity contribution >= 4 is 16.8 Å². The lowest BCUT2D eigenvalue weighted by Crippen LogP contribution is -2.62. The lowest BCUT2D eigenvalue weighted by molar-refractivity contribution is -0.137. The summed E-state index contributed by atoms with van der Waals surface area (Å²) >= 11 is 0. The fourth-order valence-corrected chi connectivity index (χ4v) is 7.26. The number of hydrogen-bond donors (Lipinski definition) is 0. The van der Waals surface area contributed by atoms with Crippen LogP contribution >= 0.6 is 0 Å². The van der Waals surface area contributed by atoms with Crippen molar-refractivity contribution in [2.75, 3.05) is 39.3 Å². The summed E-state index contributed by atoms with van der Waals surface area (Å²) in [6, 6.07) is 11.9. The molecule has 0 N–H and O–H groups in total. The molecule has 1 aliphatic carbocycles. The number of nitrogens with zero attached hydrogens (tertiary/aromatic N) is 5. The van der Waals surface area contributed by atoms with E-state index < -0.39 is 11.7 Å². The predicted octanol–water partition coefficient (Wildman–Crippen LogP) is 5.35. The first-order valence-electron chi connectivity index (χ1n) is 14.9. The second-order valence-corrected chi connectivity index (χ2v) is 12.2. The highest BCUT2D eigenvalue weighted by atomic mass is 19.4. The maximum atomic E-state index is 13.5. The monoisotopic (exact) mass is 581 g/mol. The highest BCUT2D eigenvalue weighted by Gasteiger charge is 2.45. The molecule has 0 spiro atoms. The minimum atomic E-state index is -4.36. The maximum absolute atomic E-state index is 13.5. The largest absolute Gasteiger partial charge is 0.416 e. The van der Waals surface area contributed by atoms with E-state index in [4.69, 9.17) is 4.74 Å². The zero-order valence-corrected chi connectivity index (χ0v) is 24.4. The number of carbonyl (C=O) groups is 1. The molecular weight excluding hydrogens is 543 g/mol. The van der Waals surface area contributed by atoms with Crippen molar-refractivity contribution in [3.63, 3.8) is 0 Å². The molecule has 1 aromatic heterocycles. The first kappa shape index (κ1) is 29.0. The fraction of sp³-hybridized carbons (Fsp3) is 0.531. The Balaban J connectivity index is 1.13. The van der Waals surface area contributed by atoms with Gasteiger partial charge in [-0.3, -0.25) is 14.6 Å². The number of benzene rings is 2. The molecule has 3 heterocycles. The van der Waals surface area contributed by atoms with E-state index in [-0.39, 0.29) is 29.6 Å². The summed E-state index contributed by atoms with van der Waals surface area (Å²) in [4.78, 5) is 20.4. The van der Waals surface area contributed by atoms with Gasteiger partial charge in [0.1, 0.15) is 0 Å². The number of rotatable bonds is 5. The van der Waals surface area contributed by atoms with Gasteiger partial charge in [0.25, 0.3) is 5.91 Å². The van der Waals surface area contributed by atoms with Crippen LogP contribution in [0, 0.1) is 0 Å². The highest BCUT2D eigenvalue weighted by Crippen LogP contribution is 2.43. The molecule has 3 aliphatic rings. The third kappa shape index (κ3) is 5.29. The van der Waals surface area contributed by atoms with Crippen molar-refractivity contribution in [3.05, 3.63) is 70.9 Å². The molecule has 6 rings (SSSR count). The zero-order chi connectivity index (χ0) is 29.6. The number of fused-ring (bicyclic) bond motifs is 2. The van der Waals surface area contributed by atoms with E-state index in [0.717, 1.165) is 49.0 Å². The lowest BCUT2D eigenvalue weighted by Gasteiger charge is -2.53. The molecule has 7 nitrogen and oxygen atoms in total. The van der Waals surface area contributed by atoms with Gasteiger partial charge in [-0.1, -0.05) is 24.3 Å². The Hall–Kier alpha value is -3.08. The number of halogens is 3. The zero-order valence-electron chi connectivity index (χ0n) is 24.4. The van der Waals surface area contributed by atoms with Gasteiger partial charge in [-0.15, -0.1) is 0 Å². The minimum Gasteiger partial charge on any atom is -0.376 e. The van der Waals surface area contributed by atoms with Crippen molar-refractivity contribution in [2.45, 2.75) is 69.9 Å². The number of piperazine rings is 1. The van der Waals surface area contributed by atoms with Crippen LogP contribution in [0.4, 0.5) is 13.2 Å². The van der Waals surface area contributed by atoms with Crippen molar-refractivity contribution < 1.29 is 22.7 Å². The van der Waals surface area contributed by atoms with E-state index in [9.17, 15) is 18.0 Å². The van der Waals surface area contributed by atoms with E-state index in [0.29, 0.717) is 37.2 Å². The summed E-state index contributed by atoms with van der Waals surface area (Å²) in [7, 11) is 0. The Kier molecular flexibility index (Phi) is 7.74. The van der Waals surface area contributed by atoms with E-state index in [2.05, 4.69) is 33.8 Å². The number of hydrogen-bond acceptors (Lipinski definition) is 6. The van der Waals surface area contributed by atoms with Gasteiger partial charge in [-0.05, 0) is 62.9 Å². The van der Waals surface area contributed by atoms with Crippen molar-refractivity contribution in [3.8, 4) is 0 Å². The minimum absolute atomic E-state index is 0.00289. The molecule has 3 atom stereocenters. The summed E-state index contributed by atoms with van der Waals surface area (Å²) in [6.45, 7) is 10.8. The Bertz CT molecular complexity index is 1450. The van der Waals surface area contributed by atoms with Crippen LogP contribution in [-0.4, -0.2) is 87.8 Å². The molecule has 2 aliphatic heterocycles. The third-order valence-corrected chi connectivity index (χ3v) is 9.65. The van der Waals surface area contributed by atoms with Crippen LogP contribution < -0.4 is 0 Å². The summed E-state index contributed by atoms with van der Waals surface area (Å²) < 4.78 is 46.3. The number of alkyl halides is 3. The van der Waals surface area contributed by atoms with Crippen LogP contribution in [0.5, 0.6) is 0 Å². The van der Waals surface area contributed by atoms with E-state index in [1.54, 1.807) is 12.3 Å². The van der Waals surface area contributed by atoms with Crippen LogP contribution in [0.2, 0.25) is 0 Å². The summed E-state index contributed by atoms with van der Waals surface area (Å²) in [5.74, 6) is -0.00289. The highest BCUT2D eigenvalue weighted by molar-refractivity contribution is 6.05. The number of piperidine rings is 1. The topological polar surface area (TPSA) is 61.8 Å². The van der Waals surface area contributed by atoms with E-state index in [1.165, 1.54) is 12.1 Å². The predicted molar refractivity (Wildman–Crippen MR) is 154 cm³/mol. The van der Waals surface area contributed by atoms with Crippen molar-refractivity contribution in [2.24, 2.45) is 0 Å². The molecule has 2 fully saturated rings. The Morgan fingerprint density at radius 1 is 1.10 bits per heavy atom. The van der Waals surface area contributed by atoms with Gasteiger partial charge >= 0.3 is 6.18 Å². The molecule has 0 bridgehead atoms. The first-order valence-corrected chi connectivity index (χ1v) is 14.9. The van der Waals surface area contributed by atoms with E-state index in [1.807, 2.05) is 36.1 Å². The lowest BCUT2D eigenvalue weighted by atomic mass is 9.86. The van der Waals surface area contributed by atoms with Gasteiger partial charge in [0.05, 0.1) is 35.0 Å². The number of amides is 1. The van der Waals surface area contributed by atoms with Crippen LogP contribution in [0.15, 0.2) is 48.7 Å². The fourth-order valence-electron chi connectivity index (χ4n) is 7.26.